The number of aliphatic carboxylic acids is 2. The Morgan fingerprint density at radius 3 is 1.50 bits per heavy atom. The Bertz CT molecular complexity index is 1600. The first-order chi connectivity index (χ1) is 23.7. The molecule has 3 aromatic rings. The van der Waals surface area contributed by atoms with Crippen LogP contribution in [0.5, 0.6) is 0 Å². The van der Waals surface area contributed by atoms with Crippen LogP contribution < -0.4 is 0 Å². The number of carbonyl (C=O) groups is 6. The van der Waals surface area contributed by atoms with Gasteiger partial charge in [-0.05, 0) is 41.4 Å². The average molecular weight is 685 g/mol. The highest BCUT2D eigenvalue weighted by Crippen LogP contribution is 2.33. The van der Waals surface area contributed by atoms with E-state index in [9.17, 15) is 28.8 Å². The molecular weight excluding hydrogens is 640 g/mol. The van der Waals surface area contributed by atoms with Crippen molar-refractivity contribution >= 4 is 41.9 Å². The lowest BCUT2D eigenvalue weighted by Crippen LogP contribution is -2.28. The zero-order valence-electron chi connectivity index (χ0n) is 28.6. The van der Waals surface area contributed by atoms with E-state index in [1.807, 2.05) is 104 Å². The van der Waals surface area contributed by atoms with E-state index in [-0.39, 0.29) is 35.6 Å². The zero-order valence-corrected chi connectivity index (χ0v) is 28.6. The molecule has 1 fully saturated rings. The number of esters is 4. The van der Waals surface area contributed by atoms with Gasteiger partial charge in [-0.2, -0.15) is 0 Å². The lowest BCUT2D eigenvalue weighted by molar-refractivity contribution is -0.154. The normalized spacial score (nSPS) is 18.2. The van der Waals surface area contributed by atoms with Gasteiger partial charge in [-0.3, -0.25) is 19.2 Å². The molecule has 0 aliphatic carbocycles. The van der Waals surface area contributed by atoms with Gasteiger partial charge in [0.1, 0.15) is 0 Å². The molecule has 0 aromatic heterocycles. The molecule has 0 radical (unpaired) electrons. The number of hydrogen-bond donors (Lipinski definition) is 2. The Kier molecular flexibility index (Phi) is 16.8. The van der Waals surface area contributed by atoms with Crippen LogP contribution >= 0.6 is 0 Å². The Balaban J connectivity index is 0.000000248. The summed E-state index contributed by atoms with van der Waals surface area (Å²) in [7, 11) is 0. The molecule has 2 heterocycles. The number of benzene rings is 3. The third-order valence-corrected chi connectivity index (χ3v) is 8.33. The minimum absolute atomic E-state index is 0.0223. The van der Waals surface area contributed by atoms with E-state index in [1.54, 1.807) is 6.92 Å². The van der Waals surface area contributed by atoms with Crippen LogP contribution in [-0.4, -0.2) is 46.0 Å². The van der Waals surface area contributed by atoms with Crippen molar-refractivity contribution < 1.29 is 48.5 Å². The molecule has 0 amide bonds. The number of cyclic esters (lactones) is 4. The summed E-state index contributed by atoms with van der Waals surface area (Å²) in [6, 6.07) is 29.6. The Labute approximate surface area is 292 Å². The fraction of sp³-hybridized carbons (Fsp3) is 0.300. The highest BCUT2D eigenvalue weighted by Gasteiger charge is 2.41. The van der Waals surface area contributed by atoms with Crippen LogP contribution in [0.3, 0.4) is 0 Å². The van der Waals surface area contributed by atoms with Crippen molar-refractivity contribution in [2.45, 2.75) is 52.4 Å². The molecule has 0 saturated carbocycles. The molecular formula is C40H44O10. The maximum atomic E-state index is 11.5. The molecule has 0 bridgehead atoms. The second-order valence-corrected chi connectivity index (χ2v) is 12.0. The maximum absolute atomic E-state index is 11.5. The lowest BCUT2D eigenvalue weighted by atomic mass is 9.83. The van der Waals surface area contributed by atoms with Crippen LogP contribution in [0.1, 0.15) is 69.1 Å². The molecule has 5 rings (SSSR count). The third-order valence-electron chi connectivity index (χ3n) is 8.33. The number of carboxylic acids is 2. The van der Waals surface area contributed by atoms with Gasteiger partial charge in [0.15, 0.2) is 0 Å². The van der Waals surface area contributed by atoms with Gasteiger partial charge in [-0.15, -0.1) is 0 Å². The summed E-state index contributed by atoms with van der Waals surface area (Å²) in [6.07, 6.45) is 4.99. The molecule has 2 aliphatic rings. The minimum Gasteiger partial charge on any atom is -0.481 e. The van der Waals surface area contributed by atoms with Crippen molar-refractivity contribution in [3.8, 4) is 0 Å². The van der Waals surface area contributed by atoms with Crippen molar-refractivity contribution in [3.63, 3.8) is 0 Å². The van der Waals surface area contributed by atoms with Crippen LogP contribution in [0.15, 0.2) is 110 Å². The first-order valence-corrected chi connectivity index (χ1v) is 16.2. The summed E-state index contributed by atoms with van der Waals surface area (Å²) in [5, 5.41) is 18.0. The smallest absolute Gasteiger partial charge is 0.338 e. The summed E-state index contributed by atoms with van der Waals surface area (Å²) in [5.41, 5.74) is 3.39. The largest absolute Gasteiger partial charge is 0.481 e. The topological polar surface area (TPSA) is 161 Å². The van der Waals surface area contributed by atoms with Crippen molar-refractivity contribution in [3.05, 3.63) is 126 Å². The molecule has 264 valence electrons. The van der Waals surface area contributed by atoms with Crippen LogP contribution in [-0.2, 0) is 38.2 Å². The van der Waals surface area contributed by atoms with Gasteiger partial charge in [0.2, 0.25) is 0 Å². The van der Waals surface area contributed by atoms with Crippen molar-refractivity contribution in [2.24, 2.45) is 23.7 Å². The monoisotopic (exact) mass is 684 g/mol. The third kappa shape index (κ3) is 13.5. The van der Waals surface area contributed by atoms with Crippen molar-refractivity contribution in [2.75, 3.05) is 0 Å². The predicted molar refractivity (Wildman–Crippen MR) is 187 cm³/mol. The van der Waals surface area contributed by atoms with Crippen LogP contribution in [0.4, 0.5) is 0 Å². The molecule has 6 unspecified atom stereocenters. The average Bonchev–Trinajstić information content (AvgIpc) is 3.62. The van der Waals surface area contributed by atoms with Gasteiger partial charge in [0.25, 0.3) is 0 Å². The molecule has 10 heteroatoms. The first kappa shape index (κ1) is 40.5. The number of carboxylic acid groups (broad SMARTS) is 2. The molecule has 10 nitrogen and oxygen atoms in total. The Morgan fingerprint density at radius 1 is 0.700 bits per heavy atom. The minimum atomic E-state index is -1.07. The predicted octanol–water partition coefficient (Wildman–Crippen LogP) is 7.07. The van der Waals surface area contributed by atoms with Crippen molar-refractivity contribution in [1.29, 1.82) is 0 Å². The maximum Gasteiger partial charge on any atom is 0.338 e. The van der Waals surface area contributed by atoms with Crippen LogP contribution in [0.25, 0.3) is 6.08 Å². The van der Waals surface area contributed by atoms with Gasteiger partial charge in [0, 0.05) is 12.2 Å². The van der Waals surface area contributed by atoms with Crippen LogP contribution in [0.2, 0.25) is 0 Å². The SMILES string of the molecule is C=Cc1ccccc1.CC(CC(C(=O)O)C(C)C(=O)O)c1ccccc1.CC(CC1C(=O)OC(=O)C1C)c1ccccc1.O=C1C=CC(=O)O1. The van der Waals surface area contributed by atoms with Gasteiger partial charge >= 0.3 is 35.8 Å². The Hall–Kier alpha value is -5.64. The molecule has 1 saturated heterocycles. The molecule has 3 aromatic carbocycles. The standard InChI is InChI=1S/C14H18O4.C14H16O3.C8H8.C4H2O3/c1-9(11-6-4-3-5-7-11)8-12(14(17)18)10(2)13(15)16;1-9(11-6-4-3-5-7-11)8-12-10(2)13(15)17-14(12)16;1-2-8-6-4-3-5-7-8;5-3-1-2-4(6)7-3/h3-7,9-10,12H,8H2,1-2H3,(H,15,16)(H,17,18);3-7,9-10,12H,8H2,1-2H3;2-7H,1H2;1-2H. The quantitative estimate of drug-likeness (QED) is 0.167. The molecule has 2 N–H and O–H groups in total. The number of carbonyl (C=O) groups excluding carboxylic acids is 4. The molecule has 50 heavy (non-hydrogen) atoms. The highest BCUT2D eigenvalue weighted by atomic mass is 16.6. The fourth-order valence-electron chi connectivity index (χ4n) is 5.12. The van der Waals surface area contributed by atoms with Crippen LogP contribution in [0, 0.1) is 23.7 Å². The lowest BCUT2D eigenvalue weighted by Gasteiger charge is -2.20. The summed E-state index contributed by atoms with van der Waals surface area (Å²) in [4.78, 5) is 64.7. The summed E-state index contributed by atoms with van der Waals surface area (Å²) < 4.78 is 8.62. The van der Waals surface area contributed by atoms with E-state index in [0.29, 0.717) is 12.8 Å². The van der Waals surface area contributed by atoms with E-state index < -0.39 is 35.7 Å². The molecule has 6 atom stereocenters. The summed E-state index contributed by atoms with van der Waals surface area (Å²) in [5.74, 6) is -6.11. The zero-order chi connectivity index (χ0) is 37.2. The number of ether oxygens (including phenoxy) is 2. The van der Waals surface area contributed by atoms with E-state index in [0.717, 1.165) is 17.7 Å². The second-order valence-electron chi connectivity index (χ2n) is 12.0. The summed E-state index contributed by atoms with van der Waals surface area (Å²) >= 11 is 0. The van der Waals surface area contributed by atoms with Gasteiger partial charge < -0.3 is 19.7 Å². The van der Waals surface area contributed by atoms with Crippen molar-refractivity contribution in [1.82, 2.24) is 0 Å². The van der Waals surface area contributed by atoms with E-state index in [2.05, 4.69) is 23.0 Å². The molecule has 0 spiro atoms. The van der Waals surface area contributed by atoms with E-state index in [4.69, 9.17) is 10.2 Å². The first-order valence-electron chi connectivity index (χ1n) is 16.2. The second kappa shape index (κ2) is 20.7. The highest BCUT2D eigenvalue weighted by molar-refractivity contribution is 6.04. The summed E-state index contributed by atoms with van der Waals surface area (Å²) in [6.45, 7) is 10.8. The van der Waals surface area contributed by atoms with E-state index >= 15 is 0 Å². The Morgan fingerprint density at radius 2 is 1.16 bits per heavy atom. The van der Waals surface area contributed by atoms with Gasteiger partial charge in [0.05, 0.1) is 23.7 Å². The fourth-order valence-corrected chi connectivity index (χ4v) is 5.12. The van der Waals surface area contributed by atoms with Gasteiger partial charge in [-0.25, -0.2) is 9.59 Å². The number of hydrogen-bond acceptors (Lipinski definition) is 8. The van der Waals surface area contributed by atoms with E-state index in [1.165, 1.54) is 18.1 Å². The number of rotatable bonds is 10. The molecule has 2 aliphatic heterocycles. The van der Waals surface area contributed by atoms with Gasteiger partial charge in [-0.1, -0.05) is 131 Å².